The van der Waals surface area contributed by atoms with Crippen LogP contribution in [0.5, 0.6) is 0 Å². The average molecular weight is 250 g/mol. The minimum absolute atomic E-state index is 0.00586. The first-order valence-corrected chi connectivity index (χ1v) is 5.54. The molecule has 0 aromatic rings. The largest absolute Gasteiger partial charge is 0.412 e. The van der Waals surface area contributed by atoms with Gasteiger partial charge in [-0.05, 0) is 12.3 Å². The maximum Gasteiger partial charge on any atom is 0.412 e. The number of hydrogen-bond acceptors (Lipinski definition) is 2. The van der Waals surface area contributed by atoms with E-state index in [0.717, 1.165) is 6.08 Å². The van der Waals surface area contributed by atoms with Gasteiger partial charge in [0.25, 0.3) is 0 Å². The summed E-state index contributed by atoms with van der Waals surface area (Å²) < 4.78 is 37.1. The van der Waals surface area contributed by atoms with Crippen LogP contribution in [-0.2, 0) is 4.79 Å². The van der Waals surface area contributed by atoms with Crippen molar-refractivity contribution in [3.8, 4) is 0 Å². The van der Waals surface area contributed by atoms with Gasteiger partial charge in [0, 0.05) is 18.7 Å². The highest BCUT2D eigenvalue weighted by Crippen LogP contribution is 2.30. The van der Waals surface area contributed by atoms with E-state index in [1.165, 1.54) is 4.90 Å². The van der Waals surface area contributed by atoms with E-state index < -0.39 is 17.8 Å². The number of nitrogens with zero attached hydrogens (tertiary/aromatic N) is 1. The topological polar surface area (TPSA) is 46.3 Å². The Labute approximate surface area is 98.5 Å². The number of carbonyl (C=O) groups is 1. The zero-order chi connectivity index (χ0) is 13.2. The van der Waals surface area contributed by atoms with Crippen LogP contribution in [0.1, 0.15) is 20.3 Å². The van der Waals surface area contributed by atoms with Gasteiger partial charge in [-0.3, -0.25) is 4.79 Å². The van der Waals surface area contributed by atoms with Crippen LogP contribution in [0.25, 0.3) is 0 Å². The average Bonchev–Trinajstić information content (AvgIpc) is 2.26. The number of rotatable bonds is 2. The predicted molar refractivity (Wildman–Crippen MR) is 58.1 cm³/mol. The molecule has 0 fully saturated rings. The van der Waals surface area contributed by atoms with Crippen LogP contribution in [-0.4, -0.2) is 36.1 Å². The third kappa shape index (κ3) is 3.46. The highest BCUT2D eigenvalue weighted by Gasteiger charge is 2.36. The summed E-state index contributed by atoms with van der Waals surface area (Å²) in [5.41, 5.74) is 5.12. The van der Waals surface area contributed by atoms with Gasteiger partial charge in [0.15, 0.2) is 0 Å². The molecule has 1 amide bonds. The second-order valence-electron chi connectivity index (χ2n) is 4.53. The highest BCUT2D eigenvalue weighted by atomic mass is 19.4. The first-order chi connectivity index (χ1) is 7.73. The number of nitrogens with two attached hydrogens (primary N) is 1. The molecule has 3 nitrogen and oxygen atoms in total. The molecule has 0 saturated heterocycles. The molecule has 0 bridgehead atoms. The van der Waals surface area contributed by atoms with Gasteiger partial charge in [-0.2, -0.15) is 13.2 Å². The molecule has 2 N–H and O–H groups in total. The fourth-order valence-electron chi connectivity index (χ4n) is 1.62. The van der Waals surface area contributed by atoms with Crippen LogP contribution >= 0.6 is 0 Å². The molecule has 1 heterocycles. The van der Waals surface area contributed by atoms with Crippen LogP contribution < -0.4 is 5.73 Å². The van der Waals surface area contributed by atoms with Crippen LogP contribution in [0.3, 0.4) is 0 Å². The molecule has 0 aromatic carbocycles. The monoisotopic (exact) mass is 250 g/mol. The van der Waals surface area contributed by atoms with Crippen molar-refractivity contribution in [3.63, 3.8) is 0 Å². The van der Waals surface area contributed by atoms with Gasteiger partial charge in [0.05, 0.1) is 6.04 Å². The van der Waals surface area contributed by atoms with Crippen LogP contribution in [0.15, 0.2) is 11.6 Å². The minimum atomic E-state index is -4.28. The summed E-state index contributed by atoms with van der Waals surface area (Å²) in [4.78, 5) is 13.2. The lowest BCUT2D eigenvalue weighted by atomic mass is 10.0. The fraction of sp³-hybridized carbons (Fsp3) is 0.727. The van der Waals surface area contributed by atoms with E-state index in [4.69, 9.17) is 5.73 Å². The molecule has 0 aliphatic carbocycles. The standard InChI is InChI=1S/C11H17F3N2O/c1-7(2)9(15)10(17)16-5-3-8(4-6-16)11(12,13)14/h3,7,9H,4-6,15H2,1-2H3/t9-/m1/s1. The lowest BCUT2D eigenvalue weighted by molar-refractivity contribution is -0.134. The predicted octanol–water partition coefficient (Wildman–Crippen LogP) is 1.69. The van der Waals surface area contributed by atoms with Crippen molar-refractivity contribution in [2.45, 2.75) is 32.5 Å². The second kappa shape index (κ2) is 5.08. The fourth-order valence-corrected chi connectivity index (χ4v) is 1.62. The molecule has 0 unspecified atom stereocenters. The molecule has 0 spiro atoms. The van der Waals surface area contributed by atoms with Gasteiger partial charge in [0.1, 0.15) is 0 Å². The summed E-state index contributed by atoms with van der Waals surface area (Å²) >= 11 is 0. The molecule has 6 heteroatoms. The molecule has 1 aliphatic heterocycles. The van der Waals surface area contributed by atoms with E-state index in [9.17, 15) is 18.0 Å². The summed E-state index contributed by atoms with van der Waals surface area (Å²) in [6.07, 6.45) is -3.37. The lowest BCUT2D eigenvalue weighted by Crippen LogP contribution is -2.48. The Balaban J connectivity index is 2.64. The van der Waals surface area contributed by atoms with E-state index in [1.54, 1.807) is 0 Å². The lowest BCUT2D eigenvalue weighted by Gasteiger charge is -2.30. The summed E-state index contributed by atoms with van der Waals surface area (Å²) in [7, 11) is 0. The van der Waals surface area contributed by atoms with Gasteiger partial charge >= 0.3 is 6.18 Å². The SMILES string of the molecule is CC(C)[C@@H](N)C(=O)N1CC=C(C(F)(F)F)CC1. The Morgan fingerprint density at radius 2 is 2.06 bits per heavy atom. The Morgan fingerprint density at radius 3 is 2.41 bits per heavy atom. The maximum atomic E-state index is 12.4. The molecule has 0 radical (unpaired) electrons. The van der Waals surface area contributed by atoms with Crippen LogP contribution in [0, 0.1) is 5.92 Å². The first-order valence-electron chi connectivity index (χ1n) is 5.54. The van der Waals surface area contributed by atoms with Crippen molar-refractivity contribution in [1.82, 2.24) is 4.90 Å². The Morgan fingerprint density at radius 1 is 1.47 bits per heavy atom. The quantitative estimate of drug-likeness (QED) is 0.758. The Kier molecular flexibility index (Phi) is 4.19. The molecule has 1 atom stereocenters. The first kappa shape index (κ1) is 14.0. The zero-order valence-corrected chi connectivity index (χ0v) is 9.92. The summed E-state index contributed by atoms with van der Waals surface area (Å²) in [6, 6.07) is -0.643. The number of hydrogen-bond donors (Lipinski definition) is 1. The van der Waals surface area contributed by atoms with Gasteiger partial charge in [0.2, 0.25) is 5.91 Å². The van der Waals surface area contributed by atoms with Crippen LogP contribution in [0.2, 0.25) is 0 Å². The van der Waals surface area contributed by atoms with Crippen molar-refractivity contribution >= 4 is 5.91 Å². The number of alkyl halides is 3. The van der Waals surface area contributed by atoms with Crippen molar-refractivity contribution < 1.29 is 18.0 Å². The summed E-state index contributed by atoms with van der Waals surface area (Å²) in [5, 5.41) is 0. The number of halogens is 3. The maximum absolute atomic E-state index is 12.4. The van der Waals surface area contributed by atoms with E-state index in [-0.39, 0.29) is 31.3 Å². The number of amides is 1. The molecular weight excluding hydrogens is 233 g/mol. The molecular formula is C11H17F3N2O. The molecule has 0 aromatic heterocycles. The zero-order valence-electron chi connectivity index (χ0n) is 9.92. The van der Waals surface area contributed by atoms with E-state index in [1.807, 2.05) is 13.8 Å². The highest BCUT2D eigenvalue weighted by molar-refractivity contribution is 5.82. The smallest absolute Gasteiger partial charge is 0.337 e. The summed E-state index contributed by atoms with van der Waals surface area (Å²) in [5.74, 6) is -0.298. The molecule has 1 aliphatic rings. The van der Waals surface area contributed by atoms with Crippen LogP contribution in [0.4, 0.5) is 13.2 Å². The normalized spacial score (nSPS) is 19.2. The van der Waals surface area contributed by atoms with Crippen molar-refractivity contribution in [3.05, 3.63) is 11.6 Å². The molecule has 17 heavy (non-hydrogen) atoms. The van der Waals surface area contributed by atoms with E-state index >= 15 is 0 Å². The van der Waals surface area contributed by atoms with Gasteiger partial charge in [-0.25, -0.2) is 0 Å². The third-order valence-corrected chi connectivity index (χ3v) is 2.89. The second-order valence-corrected chi connectivity index (χ2v) is 4.53. The van der Waals surface area contributed by atoms with Crippen molar-refractivity contribution in [2.24, 2.45) is 11.7 Å². The van der Waals surface area contributed by atoms with Crippen molar-refractivity contribution in [2.75, 3.05) is 13.1 Å². The van der Waals surface area contributed by atoms with E-state index in [0.29, 0.717) is 0 Å². The van der Waals surface area contributed by atoms with Gasteiger partial charge < -0.3 is 10.6 Å². The molecule has 1 rings (SSSR count). The van der Waals surface area contributed by atoms with Gasteiger partial charge in [-0.1, -0.05) is 19.9 Å². The minimum Gasteiger partial charge on any atom is -0.337 e. The van der Waals surface area contributed by atoms with Crippen molar-refractivity contribution in [1.29, 1.82) is 0 Å². The molecule has 98 valence electrons. The summed E-state index contributed by atoms with van der Waals surface area (Å²) in [6.45, 7) is 3.70. The Hall–Kier alpha value is -1.04. The van der Waals surface area contributed by atoms with E-state index in [2.05, 4.69) is 0 Å². The van der Waals surface area contributed by atoms with Gasteiger partial charge in [-0.15, -0.1) is 0 Å². The number of carbonyl (C=O) groups excluding carboxylic acids is 1. The molecule has 0 saturated carbocycles. The third-order valence-electron chi connectivity index (χ3n) is 2.89. The Bertz CT molecular complexity index is 323.